The van der Waals surface area contributed by atoms with Crippen LogP contribution in [0.4, 0.5) is 0 Å². The fraction of sp³-hybridized carbons (Fsp3) is 1.00. The standard InChI is InChI=1S/C100H202O2/c1-2-3-4-5-6-7-8-9-10-11-12-13-14-15-16-17-18-19-20-21-22-23-24-25-26-27-28-29-30-31-32-33-34-35-36-37-38-39-40-41-42-43-44-45-46-47-48-49-50-51-52-53-54-55-56-57-58-59-60-61-62-63-64-65-66-67-68-69-70-71-72-73-74-75-76-77-78-79-80-81-82-83-84-85-86-87-88-89-90-91-92-94-97-100(102)98-95-93-96-99-101/h100-102H,2-99H2,1H3. The van der Waals surface area contributed by atoms with Gasteiger partial charge >= 0.3 is 0 Å². The molecule has 0 amide bonds. The molecule has 0 aromatic carbocycles. The normalized spacial score (nSPS) is 12.1. The van der Waals surface area contributed by atoms with Crippen LogP contribution in [0.1, 0.15) is 630 Å². The number of aliphatic hydroxyl groups is 2. The Morgan fingerprint density at radius 2 is 0.196 bits per heavy atom. The maximum Gasteiger partial charge on any atom is 0.0540 e. The minimum absolute atomic E-state index is 0.116. The summed E-state index contributed by atoms with van der Waals surface area (Å²) in [6, 6.07) is 0. The first-order chi connectivity index (χ1) is 50.8. The second kappa shape index (κ2) is 98.9. The van der Waals surface area contributed by atoms with Crippen molar-refractivity contribution in [2.75, 3.05) is 6.61 Å². The predicted octanol–water partition coefficient (Wildman–Crippen LogP) is 37.2. The smallest absolute Gasteiger partial charge is 0.0540 e. The summed E-state index contributed by atoms with van der Waals surface area (Å²) < 4.78 is 0. The molecule has 0 spiro atoms. The maximum absolute atomic E-state index is 10.1. The number of unbranched alkanes of at least 4 members (excludes halogenated alkanes) is 93. The Morgan fingerprint density at radius 1 is 0.118 bits per heavy atom. The van der Waals surface area contributed by atoms with E-state index in [1.54, 1.807) is 0 Å². The molecule has 0 heterocycles. The molecule has 0 aliphatic carbocycles. The van der Waals surface area contributed by atoms with E-state index in [9.17, 15) is 5.11 Å². The van der Waals surface area contributed by atoms with E-state index in [4.69, 9.17) is 5.11 Å². The summed E-state index contributed by atoms with van der Waals surface area (Å²) in [6.07, 6.45) is 141. The van der Waals surface area contributed by atoms with Gasteiger partial charge in [-0.2, -0.15) is 0 Å². The van der Waals surface area contributed by atoms with Crippen molar-refractivity contribution in [2.45, 2.75) is 636 Å². The van der Waals surface area contributed by atoms with Gasteiger partial charge in [0.05, 0.1) is 6.10 Å². The van der Waals surface area contributed by atoms with E-state index < -0.39 is 0 Å². The third-order valence-corrected chi connectivity index (χ3v) is 24.6. The molecular formula is C100H202O2. The van der Waals surface area contributed by atoms with E-state index in [0.29, 0.717) is 0 Å². The van der Waals surface area contributed by atoms with Crippen LogP contribution in [-0.4, -0.2) is 22.9 Å². The summed E-state index contributed by atoms with van der Waals surface area (Å²) in [4.78, 5) is 0. The highest BCUT2D eigenvalue weighted by Crippen LogP contribution is 2.24. The zero-order valence-electron chi connectivity index (χ0n) is 71.8. The molecule has 1 atom stereocenters. The van der Waals surface area contributed by atoms with Crippen LogP contribution >= 0.6 is 0 Å². The van der Waals surface area contributed by atoms with Gasteiger partial charge in [-0.1, -0.05) is 610 Å². The highest BCUT2D eigenvalue weighted by Gasteiger charge is 2.06. The van der Waals surface area contributed by atoms with Crippen LogP contribution in [0.15, 0.2) is 0 Å². The maximum atomic E-state index is 10.1. The molecule has 1 unspecified atom stereocenters. The Balaban J connectivity index is 3.10. The first-order valence-corrected chi connectivity index (χ1v) is 50.1. The van der Waals surface area contributed by atoms with Crippen molar-refractivity contribution in [2.24, 2.45) is 0 Å². The third kappa shape index (κ3) is 97.9. The van der Waals surface area contributed by atoms with Crippen molar-refractivity contribution >= 4 is 0 Å². The Morgan fingerprint density at radius 3 is 0.284 bits per heavy atom. The molecule has 0 aromatic heterocycles. The number of hydrogen-bond acceptors (Lipinski definition) is 2. The van der Waals surface area contributed by atoms with Crippen LogP contribution in [0, 0.1) is 0 Å². The largest absolute Gasteiger partial charge is 0.396 e. The van der Waals surface area contributed by atoms with Crippen molar-refractivity contribution < 1.29 is 10.2 Å². The Labute approximate surface area is 648 Å². The van der Waals surface area contributed by atoms with Gasteiger partial charge in [0.25, 0.3) is 0 Å². The van der Waals surface area contributed by atoms with Crippen molar-refractivity contribution in [3.05, 3.63) is 0 Å². The summed E-state index contributed by atoms with van der Waals surface area (Å²) in [7, 11) is 0. The molecule has 2 N–H and O–H groups in total. The molecular weight excluding hydrogens is 1230 g/mol. The zero-order valence-corrected chi connectivity index (χ0v) is 71.8. The van der Waals surface area contributed by atoms with Crippen molar-refractivity contribution in [1.82, 2.24) is 0 Å². The average molecular weight is 1440 g/mol. The number of rotatable bonds is 98. The molecule has 0 radical (unpaired) electrons. The third-order valence-electron chi connectivity index (χ3n) is 24.6. The van der Waals surface area contributed by atoms with E-state index >= 15 is 0 Å². The van der Waals surface area contributed by atoms with Gasteiger partial charge in [-0.25, -0.2) is 0 Å². The Bertz CT molecular complexity index is 1360. The molecule has 2 heteroatoms. The summed E-state index contributed by atoms with van der Waals surface area (Å²) in [5, 5.41) is 18.9. The fourth-order valence-corrected chi connectivity index (χ4v) is 17.2. The van der Waals surface area contributed by atoms with E-state index in [1.165, 1.54) is 591 Å². The van der Waals surface area contributed by atoms with Gasteiger partial charge in [0, 0.05) is 6.61 Å². The molecule has 0 aliphatic rings. The monoisotopic (exact) mass is 1440 g/mol. The van der Waals surface area contributed by atoms with E-state index in [-0.39, 0.29) is 12.7 Å². The second-order valence-corrected chi connectivity index (χ2v) is 35.2. The van der Waals surface area contributed by atoms with Gasteiger partial charge in [-0.15, -0.1) is 0 Å². The predicted molar refractivity (Wildman–Crippen MR) is 467 cm³/mol. The van der Waals surface area contributed by atoms with Crippen LogP contribution < -0.4 is 0 Å². The minimum atomic E-state index is -0.116. The molecule has 0 saturated carbocycles. The number of hydrogen-bond donors (Lipinski definition) is 2. The molecule has 0 fully saturated rings. The Kier molecular flexibility index (Phi) is 98.9. The first kappa shape index (κ1) is 102. The van der Waals surface area contributed by atoms with E-state index in [2.05, 4.69) is 6.92 Å². The quantitative estimate of drug-likeness (QED) is 0.0596. The average Bonchev–Trinajstić information content (AvgIpc) is 3.86. The van der Waals surface area contributed by atoms with Gasteiger partial charge in [0.1, 0.15) is 0 Å². The highest BCUT2D eigenvalue weighted by molar-refractivity contribution is 4.61. The minimum Gasteiger partial charge on any atom is -0.396 e. The van der Waals surface area contributed by atoms with Crippen LogP contribution in [-0.2, 0) is 0 Å². The number of aliphatic hydroxyl groups excluding tert-OH is 2. The van der Waals surface area contributed by atoms with Crippen molar-refractivity contribution in [3.63, 3.8) is 0 Å². The first-order valence-electron chi connectivity index (χ1n) is 50.1. The SMILES string of the molecule is CCCCCCCCCCCCCCCCCCCCCCCCCCCCCCCCCCCCCCCCCCCCCCCCCCCCCCCCCCCCCCCCCCCCCCCCCCCCCCCCCCCCCCCCCCCCCCC(O)CCCCCO. The molecule has 0 aromatic rings. The lowest BCUT2D eigenvalue weighted by Crippen LogP contribution is -2.06. The van der Waals surface area contributed by atoms with Gasteiger partial charge in [0.2, 0.25) is 0 Å². The van der Waals surface area contributed by atoms with Gasteiger partial charge in [-0.05, 0) is 19.3 Å². The molecule has 614 valence electrons. The van der Waals surface area contributed by atoms with Gasteiger partial charge < -0.3 is 10.2 Å². The molecule has 2 nitrogen and oxygen atoms in total. The Hall–Kier alpha value is -0.0800. The van der Waals surface area contributed by atoms with Gasteiger partial charge in [-0.3, -0.25) is 0 Å². The lowest BCUT2D eigenvalue weighted by molar-refractivity contribution is 0.146. The second-order valence-electron chi connectivity index (χ2n) is 35.2. The van der Waals surface area contributed by atoms with Crippen LogP contribution in [0.3, 0.4) is 0 Å². The molecule has 0 rings (SSSR count). The van der Waals surface area contributed by atoms with E-state index in [0.717, 1.165) is 32.1 Å². The van der Waals surface area contributed by atoms with Gasteiger partial charge in [0.15, 0.2) is 0 Å². The van der Waals surface area contributed by atoms with Crippen LogP contribution in [0.5, 0.6) is 0 Å². The van der Waals surface area contributed by atoms with E-state index in [1.807, 2.05) is 0 Å². The topological polar surface area (TPSA) is 40.5 Å². The molecule has 0 bridgehead atoms. The van der Waals surface area contributed by atoms with Crippen molar-refractivity contribution in [3.8, 4) is 0 Å². The molecule has 102 heavy (non-hydrogen) atoms. The van der Waals surface area contributed by atoms with Crippen molar-refractivity contribution in [1.29, 1.82) is 0 Å². The highest BCUT2D eigenvalue weighted by atomic mass is 16.3. The lowest BCUT2D eigenvalue weighted by atomic mass is 10.0. The summed E-state index contributed by atoms with van der Waals surface area (Å²) in [5.74, 6) is 0. The van der Waals surface area contributed by atoms with Crippen LogP contribution in [0.25, 0.3) is 0 Å². The fourth-order valence-electron chi connectivity index (χ4n) is 17.2. The molecule has 0 aliphatic heterocycles. The summed E-state index contributed by atoms with van der Waals surface area (Å²) in [5.41, 5.74) is 0. The summed E-state index contributed by atoms with van der Waals surface area (Å²) in [6.45, 7) is 2.60. The molecule has 0 saturated heterocycles. The summed E-state index contributed by atoms with van der Waals surface area (Å²) >= 11 is 0. The van der Waals surface area contributed by atoms with Crippen LogP contribution in [0.2, 0.25) is 0 Å². The zero-order chi connectivity index (χ0) is 72.9. The lowest BCUT2D eigenvalue weighted by Gasteiger charge is -2.10.